The molecule has 0 radical (unpaired) electrons. The van der Waals surface area contributed by atoms with Gasteiger partial charge < -0.3 is 10.6 Å². The van der Waals surface area contributed by atoms with Crippen molar-refractivity contribution >= 4 is 51.6 Å². The topological polar surface area (TPSA) is 91.4 Å². The third-order valence-corrected chi connectivity index (χ3v) is 5.21. The fourth-order valence-electron chi connectivity index (χ4n) is 2.96. The first kappa shape index (κ1) is 23.8. The maximum absolute atomic E-state index is 14.2. The van der Waals surface area contributed by atoms with Crippen molar-refractivity contribution in [1.82, 2.24) is 10.3 Å². The Bertz CT molecular complexity index is 1210. The summed E-state index contributed by atoms with van der Waals surface area (Å²) < 4.78 is 14.2. The molecule has 1 aromatic heterocycles. The Morgan fingerprint density at radius 1 is 1.09 bits per heavy atom. The van der Waals surface area contributed by atoms with Gasteiger partial charge in [0.05, 0.1) is 22.6 Å². The van der Waals surface area contributed by atoms with Crippen LogP contribution in [0.5, 0.6) is 0 Å². The average Bonchev–Trinajstić information content (AvgIpc) is 3.22. The van der Waals surface area contributed by atoms with Crippen molar-refractivity contribution in [1.29, 1.82) is 0 Å². The minimum Gasteiger partial charge on any atom is -0.350 e. The number of anilines is 3. The predicted molar refractivity (Wildman–Crippen MR) is 128 cm³/mol. The van der Waals surface area contributed by atoms with E-state index in [2.05, 4.69) is 15.6 Å². The molecule has 1 heterocycles. The lowest BCUT2D eigenvalue weighted by molar-refractivity contribution is -0.116. The molecule has 3 rings (SSSR count). The van der Waals surface area contributed by atoms with E-state index in [0.29, 0.717) is 16.9 Å². The Kier molecular flexibility index (Phi) is 7.68. The van der Waals surface area contributed by atoms with Crippen molar-refractivity contribution in [3.63, 3.8) is 0 Å². The lowest BCUT2D eigenvalue weighted by Gasteiger charge is -2.18. The molecule has 0 atom stereocenters. The summed E-state index contributed by atoms with van der Waals surface area (Å²) in [6.07, 6.45) is 2.75. The van der Waals surface area contributed by atoms with Gasteiger partial charge in [-0.2, -0.15) is 0 Å². The number of nitrogens with zero attached hydrogens (tertiary/aromatic N) is 2. The fourth-order valence-corrected chi connectivity index (χ4v) is 3.81. The second-order valence-electron chi connectivity index (χ2n) is 7.36. The molecule has 33 heavy (non-hydrogen) atoms. The van der Waals surface area contributed by atoms with Crippen molar-refractivity contribution in [3.8, 4) is 0 Å². The van der Waals surface area contributed by atoms with Gasteiger partial charge in [0.1, 0.15) is 5.82 Å². The fraction of sp³-hybridized carbons (Fsp3) is 0.167. The molecule has 2 aromatic carbocycles. The molecule has 0 fully saturated rings. The van der Waals surface area contributed by atoms with E-state index in [1.54, 1.807) is 35.7 Å². The quantitative estimate of drug-likeness (QED) is 0.491. The number of rotatable bonds is 7. The average molecular weight is 467 g/mol. The summed E-state index contributed by atoms with van der Waals surface area (Å²) in [6.45, 7) is 5.02. The van der Waals surface area contributed by atoms with E-state index in [1.165, 1.54) is 42.2 Å². The van der Waals surface area contributed by atoms with Crippen LogP contribution in [0, 0.1) is 5.82 Å². The Balaban J connectivity index is 1.74. The highest BCUT2D eigenvalue weighted by Crippen LogP contribution is 2.31. The van der Waals surface area contributed by atoms with Gasteiger partial charge in [0.15, 0.2) is 5.13 Å². The molecule has 0 aliphatic carbocycles. The predicted octanol–water partition coefficient (Wildman–Crippen LogP) is 4.76. The van der Waals surface area contributed by atoms with Crippen LogP contribution in [0.2, 0.25) is 0 Å². The zero-order valence-electron chi connectivity index (χ0n) is 18.3. The van der Waals surface area contributed by atoms with E-state index in [1.807, 2.05) is 13.8 Å². The number of aromatic nitrogens is 1. The van der Waals surface area contributed by atoms with E-state index in [0.717, 1.165) is 11.3 Å². The molecule has 7 nitrogen and oxygen atoms in total. The molecule has 9 heteroatoms. The number of benzene rings is 2. The lowest BCUT2D eigenvalue weighted by Crippen LogP contribution is -2.30. The van der Waals surface area contributed by atoms with E-state index < -0.39 is 11.7 Å². The number of para-hydroxylation sites is 2. The number of carbonyl (C=O) groups is 3. The Labute approximate surface area is 195 Å². The van der Waals surface area contributed by atoms with Gasteiger partial charge >= 0.3 is 0 Å². The normalized spacial score (nSPS) is 10.9. The van der Waals surface area contributed by atoms with E-state index in [-0.39, 0.29) is 28.7 Å². The van der Waals surface area contributed by atoms with Crippen LogP contribution in [0.4, 0.5) is 20.9 Å². The van der Waals surface area contributed by atoms with Crippen molar-refractivity contribution in [2.24, 2.45) is 0 Å². The minimum atomic E-state index is -0.542. The van der Waals surface area contributed by atoms with Crippen LogP contribution in [-0.4, -0.2) is 28.7 Å². The van der Waals surface area contributed by atoms with Gasteiger partial charge in [0.2, 0.25) is 11.8 Å². The smallest absolute Gasteiger partial charge is 0.253 e. The Morgan fingerprint density at radius 2 is 1.79 bits per heavy atom. The first-order valence-electron chi connectivity index (χ1n) is 10.2. The molecule has 3 amide bonds. The minimum absolute atomic E-state index is 0.0426. The van der Waals surface area contributed by atoms with Crippen LogP contribution in [0.1, 0.15) is 36.8 Å². The van der Waals surface area contributed by atoms with Crippen LogP contribution < -0.4 is 15.5 Å². The van der Waals surface area contributed by atoms with Gasteiger partial charge in [-0.15, -0.1) is 11.3 Å². The summed E-state index contributed by atoms with van der Waals surface area (Å²) >= 11 is 1.15. The van der Waals surface area contributed by atoms with Gasteiger partial charge in [-0.05, 0) is 44.2 Å². The molecule has 0 aliphatic heterocycles. The molecule has 0 spiro atoms. The number of nitrogens with one attached hydrogen (secondary N) is 2. The molecule has 2 N–H and O–H groups in total. The van der Waals surface area contributed by atoms with E-state index >= 15 is 0 Å². The maximum Gasteiger partial charge on any atom is 0.253 e. The summed E-state index contributed by atoms with van der Waals surface area (Å²) in [5.74, 6) is -1.67. The Hall–Kier alpha value is -3.85. The largest absolute Gasteiger partial charge is 0.350 e. The van der Waals surface area contributed by atoms with E-state index in [9.17, 15) is 18.8 Å². The SMILES string of the molecule is CC(=O)N(c1nc(/C=C/C(=O)Nc2ccccc2C(=O)NC(C)C)cs1)c1ccccc1F. The van der Waals surface area contributed by atoms with Crippen molar-refractivity contribution < 1.29 is 18.8 Å². The molecular weight excluding hydrogens is 443 g/mol. The summed E-state index contributed by atoms with van der Waals surface area (Å²) in [6, 6.07) is 12.6. The summed E-state index contributed by atoms with van der Waals surface area (Å²) in [7, 11) is 0. The van der Waals surface area contributed by atoms with Crippen molar-refractivity contribution in [3.05, 3.63) is 77.1 Å². The van der Waals surface area contributed by atoms with Crippen LogP contribution in [0.15, 0.2) is 60.0 Å². The molecule has 0 saturated carbocycles. The van der Waals surface area contributed by atoms with Gasteiger partial charge in [-0.1, -0.05) is 24.3 Å². The molecule has 170 valence electrons. The number of hydrogen-bond acceptors (Lipinski definition) is 5. The van der Waals surface area contributed by atoms with Crippen molar-refractivity contribution in [2.45, 2.75) is 26.8 Å². The highest BCUT2D eigenvalue weighted by atomic mass is 32.1. The number of thiazole rings is 1. The number of amides is 3. The van der Waals surface area contributed by atoms with Crippen LogP contribution >= 0.6 is 11.3 Å². The third-order valence-electron chi connectivity index (χ3n) is 4.36. The second-order valence-corrected chi connectivity index (χ2v) is 8.19. The molecule has 0 unspecified atom stereocenters. The van der Waals surface area contributed by atoms with Crippen molar-refractivity contribution in [2.75, 3.05) is 10.2 Å². The molecular formula is C24H23FN4O3S. The number of hydrogen-bond donors (Lipinski definition) is 2. The number of carbonyl (C=O) groups excluding carboxylic acids is 3. The summed E-state index contributed by atoms with van der Waals surface area (Å²) in [4.78, 5) is 42.4. The molecule has 0 bridgehead atoms. The lowest BCUT2D eigenvalue weighted by atomic mass is 10.1. The standard InChI is InChI=1S/C24H23FN4O3S/c1-15(2)26-23(32)18-8-4-6-10-20(18)28-22(31)13-12-17-14-33-24(27-17)29(16(3)30)21-11-7-5-9-19(21)25/h4-15H,1-3H3,(H,26,32)(H,28,31)/b13-12+. The van der Waals surface area contributed by atoms with Crippen LogP contribution in [-0.2, 0) is 9.59 Å². The van der Waals surface area contributed by atoms with Gasteiger partial charge in [0, 0.05) is 24.4 Å². The zero-order chi connectivity index (χ0) is 24.0. The third kappa shape index (κ3) is 6.11. The molecule has 0 aliphatic rings. The van der Waals surface area contributed by atoms with Crippen LogP contribution in [0.3, 0.4) is 0 Å². The van der Waals surface area contributed by atoms with Gasteiger partial charge in [-0.25, -0.2) is 9.37 Å². The summed E-state index contributed by atoms with van der Waals surface area (Å²) in [5.41, 5.74) is 1.26. The second kappa shape index (κ2) is 10.6. The Morgan fingerprint density at radius 3 is 2.48 bits per heavy atom. The summed E-state index contributed by atoms with van der Waals surface area (Å²) in [5, 5.41) is 7.42. The molecule has 0 saturated heterocycles. The monoisotopic (exact) mass is 466 g/mol. The highest BCUT2D eigenvalue weighted by molar-refractivity contribution is 7.14. The first-order valence-corrected chi connectivity index (χ1v) is 11.0. The van der Waals surface area contributed by atoms with Crippen LogP contribution in [0.25, 0.3) is 6.08 Å². The van der Waals surface area contributed by atoms with Gasteiger partial charge in [-0.3, -0.25) is 19.3 Å². The van der Waals surface area contributed by atoms with Gasteiger partial charge in [0.25, 0.3) is 5.91 Å². The zero-order valence-corrected chi connectivity index (χ0v) is 19.2. The first-order chi connectivity index (χ1) is 15.8. The number of halogens is 1. The maximum atomic E-state index is 14.2. The molecule has 3 aromatic rings. The van der Waals surface area contributed by atoms with E-state index in [4.69, 9.17) is 0 Å². The highest BCUT2D eigenvalue weighted by Gasteiger charge is 2.20.